The van der Waals surface area contributed by atoms with Crippen molar-refractivity contribution in [3.05, 3.63) is 71.5 Å². The van der Waals surface area contributed by atoms with E-state index in [4.69, 9.17) is 4.52 Å². The van der Waals surface area contributed by atoms with Crippen molar-refractivity contribution in [1.29, 1.82) is 0 Å². The zero-order valence-corrected chi connectivity index (χ0v) is 15.3. The lowest BCUT2D eigenvalue weighted by atomic mass is 10.1. The average molecular weight is 362 g/mol. The number of carbonyl (C=O) groups is 1. The van der Waals surface area contributed by atoms with Crippen LogP contribution in [0.15, 0.2) is 59.1 Å². The third-order valence-electron chi connectivity index (χ3n) is 4.78. The molecule has 0 aliphatic carbocycles. The van der Waals surface area contributed by atoms with Gasteiger partial charge in [-0.05, 0) is 31.2 Å². The van der Waals surface area contributed by atoms with Gasteiger partial charge < -0.3 is 9.42 Å². The Balaban J connectivity index is 1.34. The van der Waals surface area contributed by atoms with Gasteiger partial charge in [0, 0.05) is 37.3 Å². The van der Waals surface area contributed by atoms with Gasteiger partial charge in [-0.15, -0.1) is 0 Å². The SMILES string of the molecule is Cc1cccc(-c2nc(CN3CCN(C(=O)c4ccccc4)CC3)no2)c1. The maximum absolute atomic E-state index is 12.5. The van der Waals surface area contributed by atoms with Gasteiger partial charge in [0.15, 0.2) is 5.82 Å². The number of amides is 1. The average Bonchev–Trinajstić information content (AvgIpc) is 3.17. The maximum atomic E-state index is 12.5. The first-order valence-electron chi connectivity index (χ1n) is 9.15. The number of benzene rings is 2. The lowest BCUT2D eigenvalue weighted by molar-refractivity contribution is 0.0624. The summed E-state index contributed by atoms with van der Waals surface area (Å²) in [6.07, 6.45) is 0. The maximum Gasteiger partial charge on any atom is 0.257 e. The normalized spacial score (nSPS) is 15.1. The summed E-state index contributed by atoms with van der Waals surface area (Å²) >= 11 is 0. The molecule has 0 radical (unpaired) electrons. The van der Waals surface area contributed by atoms with Gasteiger partial charge in [0.1, 0.15) is 0 Å². The lowest BCUT2D eigenvalue weighted by Crippen LogP contribution is -2.48. The third-order valence-corrected chi connectivity index (χ3v) is 4.78. The van der Waals surface area contributed by atoms with Crippen LogP contribution in [0.2, 0.25) is 0 Å². The number of piperazine rings is 1. The Bertz CT molecular complexity index is 915. The number of nitrogens with zero attached hydrogens (tertiary/aromatic N) is 4. The molecule has 1 amide bonds. The van der Waals surface area contributed by atoms with E-state index in [1.165, 1.54) is 0 Å². The highest BCUT2D eigenvalue weighted by atomic mass is 16.5. The Labute approximate surface area is 158 Å². The Hall–Kier alpha value is -2.99. The van der Waals surface area contributed by atoms with Gasteiger partial charge in [0.2, 0.25) is 0 Å². The molecule has 2 aromatic carbocycles. The summed E-state index contributed by atoms with van der Waals surface area (Å²) in [5, 5.41) is 4.11. The summed E-state index contributed by atoms with van der Waals surface area (Å²) in [5.74, 6) is 1.32. The number of aromatic nitrogens is 2. The molecule has 0 spiro atoms. The minimum atomic E-state index is 0.0940. The van der Waals surface area contributed by atoms with E-state index >= 15 is 0 Å². The largest absolute Gasteiger partial charge is 0.336 e. The molecule has 4 rings (SSSR count). The molecule has 0 unspecified atom stereocenters. The van der Waals surface area contributed by atoms with Crippen molar-refractivity contribution in [3.8, 4) is 11.5 Å². The zero-order valence-electron chi connectivity index (χ0n) is 15.3. The van der Waals surface area contributed by atoms with Crippen LogP contribution < -0.4 is 0 Å². The molecule has 6 heteroatoms. The van der Waals surface area contributed by atoms with Crippen molar-refractivity contribution in [1.82, 2.24) is 19.9 Å². The molecule has 138 valence electrons. The molecule has 0 saturated carbocycles. The van der Waals surface area contributed by atoms with Crippen molar-refractivity contribution in [3.63, 3.8) is 0 Å². The number of hydrogen-bond donors (Lipinski definition) is 0. The van der Waals surface area contributed by atoms with Crippen LogP contribution in [0.4, 0.5) is 0 Å². The molecule has 2 heterocycles. The Morgan fingerprint density at radius 1 is 1.04 bits per heavy atom. The summed E-state index contributed by atoms with van der Waals surface area (Å²) in [5.41, 5.74) is 2.84. The molecule has 0 N–H and O–H groups in total. The summed E-state index contributed by atoms with van der Waals surface area (Å²) in [6, 6.07) is 17.5. The molecule has 1 aromatic heterocycles. The van der Waals surface area contributed by atoms with E-state index in [0.717, 1.165) is 29.8 Å². The lowest BCUT2D eigenvalue weighted by Gasteiger charge is -2.34. The van der Waals surface area contributed by atoms with E-state index < -0.39 is 0 Å². The van der Waals surface area contributed by atoms with Crippen molar-refractivity contribution in [2.45, 2.75) is 13.5 Å². The fourth-order valence-corrected chi connectivity index (χ4v) is 3.29. The van der Waals surface area contributed by atoms with Gasteiger partial charge in [-0.25, -0.2) is 0 Å². The van der Waals surface area contributed by atoms with Crippen molar-refractivity contribution in [2.75, 3.05) is 26.2 Å². The molecule has 1 aliphatic heterocycles. The molecular formula is C21H22N4O2. The number of carbonyl (C=O) groups excluding carboxylic acids is 1. The zero-order chi connectivity index (χ0) is 18.6. The Kier molecular flexibility index (Phi) is 4.98. The van der Waals surface area contributed by atoms with E-state index in [9.17, 15) is 4.79 Å². The van der Waals surface area contributed by atoms with E-state index in [1.54, 1.807) is 0 Å². The van der Waals surface area contributed by atoms with E-state index in [-0.39, 0.29) is 5.91 Å². The minimum absolute atomic E-state index is 0.0940. The molecule has 3 aromatic rings. The van der Waals surface area contributed by atoms with E-state index in [0.29, 0.717) is 31.3 Å². The molecule has 27 heavy (non-hydrogen) atoms. The number of hydrogen-bond acceptors (Lipinski definition) is 5. The van der Waals surface area contributed by atoms with Crippen LogP contribution in [0.5, 0.6) is 0 Å². The molecule has 0 bridgehead atoms. The predicted molar refractivity (Wildman–Crippen MR) is 102 cm³/mol. The number of rotatable bonds is 4. The molecule has 1 aliphatic rings. The summed E-state index contributed by atoms with van der Waals surface area (Å²) in [4.78, 5) is 21.2. The molecule has 0 atom stereocenters. The van der Waals surface area contributed by atoms with Gasteiger partial charge in [0.25, 0.3) is 11.8 Å². The third kappa shape index (κ3) is 4.06. The molecule has 1 saturated heterocycles. The molecule has 1 fully saturated rings. The standard InChI is InChI=1S/C21H22N4O2/c1-16-6-5-9-18(14-16)20-22-19(23-27-20)15-24-10-12-25(13-11-24)21(26)17-7-3-2-4-8-17/h2-9,14H,10-13,15H2,1H3. The van der Waals surface area contributed by atoms with Crippen LogP contribution >= 0.6 is 0 Å². The van der Waals surface area contributed by atoms with Crippen LogP contribution in [-0.4, -0.2) is 52.0 Å². The second-order valence-electron chi connectivity index (χ2n) is 6.82. The van der Waals surface area contributed by atoms with Crippen molar-refractivity contribution >= 4 is 5.91 Å². The van der Waals surface area contributed by atoms with E-state index in [2.05, 4.69) is 15.0 Å². The van der Waals surface area contributed by atoms with E-state index in [1.807, 2.05) is 66.4 Å². The smallest absolute Gasteiger partial charge is 0.257 e. The topological polar surface area (TPSA) is 62.5 Å². The number of aryl methyl sites for hydroxylation is 1. The van der Waals surface area contributed by atoms with Crippen molar-refractivity contribution < 1.29 is 9.32 Å². The highest BCUT2D eigenvalue weighted by Gasteiger charge is 2.23. The molecular weight excluding hydrogens is 340 g/mol. The van der Waals surface area contributed by atoms with Gasteiger partial charge in [-0.2, -0.15) is 4.98 Å². The van der Waals surface area contributed by atoms with Crippen LogP contribution in [0, 0.1) is 6.92 Å². The van der Waals surface area contributed by atoms with Gasteiger partial charge in [-0.3, -0.25) is 9.69 Å². The summed E-state index contributed by atoms with van der Waals surface area (Å²) in [6.45, 7) is 5.67. The minimum Gasteiger partial charge on any atom is -0.336 e. The predicted octanol–water partition coefficient (Wildman–Crippen LogP) is 3.00. The van der Waals surface area contributed by atoms with Gasteiger partial charge >= 0.3 is 0 Å². The first-order chi connectivity index (χ1) is 13.2. The highest BCUT2D eigenvalue weighted by Crippen LogP contribution is 2.19. The highest BCUT2D eigenvalue weighted by molar-refractivity contribution is 5.94. The first kappa shape index (κ1) is 17.4. The second kappa shape index (κ2) is 7.72. The monoisotopic (exact) mass is 362 g/mol. The Morgan fingerprint density at radius 3 is 2.56 bits per heavy atom. The van der Waals surface area contributed by atoms with Crippen molar-refractivity contribution in [2.24, 2.45) is 0 Å². The fourth-order valence-electron chi connectivity index (χ4n) is 3.29. The molecule has 6 nitrogen and oxygen atoms in total. The second-order valence-corrected chi connectivity index (χ2v) is 6.82. The first-order valence-corrected chi connectivity index (χ1v) is 9.15. The summed E-state index contributed by atoms with van der Waals surface area (Å²) in [7, 11) is 0. The Morgan fingerprint density at radius 2 is 1.81 bits per heavy atom. The van der Waals surface area contributed by atoms with Crippen LogP contribution in [0.25, 0.3) is 11.5 Å². The van der Waals surface area contributed by atoms with Gasteiger partial charge in [0.05, 0.1) is 6.54 Å². The summed E-state index contributed by atoms with van der Waals surface area (Å²) < 4.78 is 5.41. The fraction of sp³-hybridized carbons (Fsp3) is 0.286. The van der Waals surface area contributed by atoms with Gasteiger partial charge in [-0.1, -0.05) is 41.1 Å². The van der Waals surface area contributed by atoms with Crippen LogP contribution in [0.3, 0.4) is 0 Å². The van der Waals surface area contributed by atoms with Crippen LogP contribution in [0.1, 0.15) is 21.7 Å². The van der Waals surface area contributed by atoms with Crippen LogP contribution in [-0.2, 0) is 6.54 Å². The quantitative estimate of drug-likeness (QED) is 0.714.